The Hall–Kier alpha value is -1.98. The largest absolute Gasteiger partial charge is 0.451 e. The van der Waals surface area contributed by atoms with Gasteiger partial charge in [-0.2, -0.15) is 0 Å². The number of hydrogen-bond acceptors (Lipinski definition) is 4. The molecule has 1 rings (SSSR count). The minimum absolute atomic E-state index is 0.270. The molecule has 0 fully saturated rings. The number of aryl methyl sites for hydroxylation is 1. The van der Waals surface area contributed by atoms with Crippen LogP contribution in [0, 0.1) is 0 Å². The average Bonchev–Trinajstić information content (AvgIpc) is 2.66. The number of carbonyl (C=O) groups is 2. The third-order valence-corrected chi connectivity index (χ3v) is 2.42. The van der Waals surface area contributed by atoms with E-state index in [1.54, 1.807) is 17.8 Å². The van der Waals surface area contributed by atoms with E-state index in [4.69, 9.17) is 10.5 Å². The number of aromatic nitrogens is 1. The van der Waals surface area contributed by atoms with Crippen LogP contribution in [0.15, 0.2) is 12.3 Å². The molecule has 0 spiro atoms. The Morgan fingerprint density at radius 1 is 1.50 bits per heavy atom. The first kappa shape index (κ1) is 14.1. The number of amides is 1. The van der Waals surface area contributed by atoms with Gasteiger partial charge < -0.3 is 20.4 Å². The Kier molecular flexibility index (Phi) is 5.23. The second-order valence-electron chi connectivity index (χ2n) is 4.05. The van der Waals surface area contributed by atoms with Gasteiger partial charge in [0.05, 0.1) is 5.69 Å². The molecule has 1 heterocycles. The first-order chi connectivity index (χ1) is 8.54. The van der Waals surface area contributed by atoms with E-state index in [0.717, 1.165) is 12.8 Å². The highest BCUT2D eigenvalue weighted by molar-refractivity contribution is 5.90. The van der Waals surface area contributed by atoms with Crippen molar-refractivity contribution in [2.45, 2.75) is 19.8 Å². The van der Waals surface area contributed by atoms with Crippen LogP contribution >= 0.6 is 0 Å². The number of ether oxygens (including phenoxy) is 1. The zero-order valence-corrected chi connectivity index (χ0v) is 10.7. The summed E-state index contributed by atoms with van der Waals surface area (Å²) in [5.74, 6) is -0.848. The summed E-state index contributed by atoms with van der Waals surface area (Å²) in [6.45, 7) is 2.36. The van der Waals surface area contributed by atoms with E-state index in [1.807, 2.05) is 6.92 Å². The van der Waals surface area contributed by atoms with Gasteiger partial charge >= 0.3 is 5.97 Å². The zero-order chi connectivity index (χ0) is 13.5. The molecule has 0 saturated heterocycles. The number of carbonyl (C=O) groups excluding carboxylic acids is 2. The maximum Gasteiger partial charge on any atom is 0.355 e. The van der Waals surface area contributed by atoms with Crippen molar-refractivity contribution in [3.05, 3.63) is 18.0 Å². The molecule has 6 heteroatoms. The lowest BCUT2D eigenvalue weighted by molar-refractivity contribution is -0.124. The van der Waals surface area contributed by atoms with E-state index in [9.17, 15) is 9.59 Å². The van der Waals surface area contributed by atoms with Crippen LogP contribution < -0.4 is 11.1 Å². The molecule has 3 N–H and O–H groups in total. The smallest absolute Gasteiger partial charge is 0.355 e. The lowest BCUT2D eigenvalue weighted by atomic mass is 10.3. The lowest BCUT2D eigenvalue weighted by Gasteiger charge is -2.06. The Morgan fingerprint density at radius 2 is 2.22 bits per heavy atom. The van der Waals surface area contributed by atoms with E-state index in [1.165, 1.54) is 6.07 Å². The molecule has 18 heavy (non-hydrogen) atoms. The molecule has 0 saturated carbocycles. The summed E-state index contributed by atoms with van der Waals surface area (Å²) >= 11 is 0. The molecule has 0 aliphatic carbocycles. The normalized spacial score (nSPS) is 10.1. The van der Waals surface area contributed by atoms with Crippen molar-refractivity contribution in [2.24, 2.45) is 7.05 Å². The fourth-order valence-corrected chi connectivity index (χ4v) is 1.45. The van der Waals surface area contributed by atoms with Crippen molar-refractivity contribution in [3.63, 3.8) is 0 Å². The molecule has 0 aliphatic heterocycles. The topological polar surface area (TPSA) is 86.3 Å². The SMILES string of the molecule is CCCCNC(=O)COC(=O)c1cc(N)cn1C. The fraction of sp³-hybridized carbons (Fsp3) is 0.500. The maximum atomic E-state index is 11.6. The molecular weight excluding hydrogens is 234 g/mol. The second-order valence-corrected chi connectivity index (χ2v) is 4.05. The van der Waals surface area contributed by atoms with Crippen LogP contribution in [0.5, 0.6) is 0 Å². The molecule has 0 bridgehead atoms. The van der Waals surface area contributed by atoms with Gasteiger partial charge in [-0.05, 0) is 12.5 Å². The Balaban J connectivity index is 2.37. The highest BCUT2D eigenvalue weighted by Crippen LogP contribution is 2.09. The van der Waals surface area contributed by atoms with Crippen molar-refractivity contribution in [3.8, 4) is 0 Å². The summed E-state index contributed by atoms with van der Waals surface area (Å²) in [7, 11) is 1.69. The van der Waals surface area contributed by atoms with Crippen LogP contribution in [-0.2, 0) is 16.6 Å². The van der Waals surface area contributed by atoms with E-state index in [-0.39, 0.29) is 12.5 Å². The van der Waals surface area contributed by atoms with Gasteiger partial charge in [0.2, 0.25) is 0 Å². The number of anilines is 1. The molecule has 0 aliphatic rings. The standard InChI is InChI=1S/C12H19N3O3/c1-3-4-5-14-11(16)8-18-12(17)10-6-9(13)7-15(10)2/h6-7H,3-5,8,13H2,1-2H3,(H,14,16). The molecule has 0 aromatic carbocycles. The summed E-state index contributed by atoms with van der Waals surface area (Å²) in [4.78, 5) is 23.0. The van der Waals surface area contributed by atoms with Gasteiger partial charge in [-0.25, -0.2) is 4.79 Å². The van der Waals surface area contributed by atoms with Crippen molar-refractivity contribution in [1.29, 1.82) is 0 Å². The summed E-state index contributed by atoms with van der Waals surface area (Å²) in [6, 6.07) is 1.51. The van der Waals surface area contributed by atoms with Crippen LogP contribution in [0.4, 0.5) is 5.69 Å². The van der Waals surface area contributed by atoms with E-state index >= 15 is 0 Å². The van der Waals surface area contributed by atoms with Gasteiger partial charge in [-0.3, -0.25) is 4.79 Å². The minimum Gasteiger partial charge on any atom is -0.451 e. The average molecular weight is 253 g/mol. The second kappa shape index (κ2) is 6.68. The molecule has 6 nitrogen and oxygen atoms in total. The lowest BCUT2D eigenvalue weighted by Crippen LogP contribution is -2.29. The van der Waals surface area contributed by atoms with Crippen LogP contribution in [0.1, 0.15) is 30.3 Å². The van der Waals surface area contributed by atoms with Crippen LogP contribution in [0.25, 0.3) is 0 Å². The van der Waals surface area contributed by atoms with Crippen molar-refractivity contribution in [2.75, 3.05) is 18.9 Å². The van der Waals surface area contributed by atoms with Gasteiger partial charge in [0, 0.05) is 19.8 Å². The maximum absolute atomic E-state index is 11.6. The zero-order valence-electron chi connectivity index (χ0n) is 10.7. The Labute approximate surface area is 106 Å². The molecule has 1 aromatic rings. The summed E-state index contributed by atoms with van der Waals surface area (Å²) in [6.07, 6.45) is 3.52. The van der Waals surface area contributed by atoms with Crippen LogP contribution in [0.3, 0.4) is 0 Å². The molecule has 0 unspecified atom stereocenters. The minimum atomic E-state index is -0.556. The number of nitrogens with one attached hydrogen (secondary N) is 1. The number of nitrogens with zero attached hydrogens (tertiary/aromatic N) is 1. The van der Waals surface area contributed by atoms with E-state index in [0.29, 0.717) is 17.9 Å². The number of esters is 1. The van der Waals surface area contributed by atoms with Crippen molar-refractivity contribution < 1.29 is 14.3 Å². The van der Waals surface area contributed by atoms with Crippen molar-refractivity contribution >= 4 is 17.6 Å². The first-order valence-corrected chi connectivity index (χ1v) is 5.90. The highest BCUT2D eigenvalue weighted by atomic mass is 16.5. The third kappa shape index (κ3) is 4.12. The monoisotopic (exact) mass is 253 g/mol. The molecule has 1 amide bonds. The quantitative estimate of drug-likeness (QED) is 0.576. The predicted octanol–water partition coefficient (Wildman–Crippen LogP) is 0.680. The fourth-order valence-electron chi connectivity index (χ4n) is 1.45. The highest BCUT2D eigenvalue weighted by Gasteiger charge is 2.13. The number of hydrogen-bond donors (Lipinski definition) is 2. The predicted molar refractivity (Wildman–Crippen MR) is 68.0 cm³/mol. The molecule has 0 atom stereocenters. The summed E-state index contributed by atoms with van der Waals surface area (Å²) < 4.78 is 6.45. The van der Waals surface area contributed by atoms with Gasteiger partial charge in [-0.1, -0.05) is 13.3 Å². The van der Waals surface area contributed by atoms with Gasteiger partial charge in [0.25, 0.3) is 5.91 Å². The number of rotatable bonds is 6. The van der Waals surface area contributed by atoms with Gasteiger partial charge in [-0.15, -0.1) is 0 Å². The van der Waals surface area contributed by atoms with Crippen molar-refractivity contribution in [1.82, 2.24) is 9.88 Å². The van der Waals surface area contributed by atoms with Gasteiger partial charge in [0.1, 0.15) is 5.69 Å². The molecule has 100 valence electrons. The first-order valence-electron chi connectivity index (χ1n) is 5.90. The number of nitrogens with two attached hydrogens (primary N) is 1. The van der Waals surface area contributed by atoms with E-state index < -0.39 is 5.97 Å². The molecule has 0 radical (unpaired) electrons. The van der Waals surface area contributed by atoms with Gasteiger partial charge in [0.15, 0.2) is 6.61 Å². The Bertz CT molecular complexity index is 426. The third-order valence-electron chi connectivity index (χ3n) is 2.42. The molecular formula is C12H19N3O3. The summed E-state index contributed by atoms with van der Waals surface area (Å²) in [5, 5.41) is 2.66. The summed E-state index contributed by atoms with van der Waals surface area (Å²) in [5.41, 5.74) is 6.36. The molecule has 1 aromatic heterocycles. The van der Waals surface area contributed by atoms with Crippen LogP contribution in [-0.4, -0.2) is 29.6 Å². The van der Waals surface area contributed by atoms with Crippen LogP contribution in [0.2, 0.25) is 0 Å². The number of nitrogen functional groups attached to an aromatic ring is 1. The Morgan fingerprint density at radius 3 is 2.78 bits per heavy atom. The number of unbranched alkanes of at least 4 members (excludes halogenated alkanes) is 1. The van der Waals surface area contributed by atoms with E-state index in [2.05, 4.69) is 5.32 Å².